The Hall–Kier alpha value is -3.71. The summed E-state index contributed by atoms with van der Waals surface area (Å²) in [5, 5.41) is 2.92. The first-order valence-corrected chi connectivity index (χ1v) is 14.1. The van der Waals surface area contributed by atoms with Crippen molar-refractivity contribution in [2.75, 3.05) is 18.0 Å². The highest BCUT2D eigenvalue weighted by atomic mass is 19.1. The van der Waals surface area contributed by atoms with E-state index in [4.69, 9.17) is 4.98 Å². The third-order valence-electron chi connectivity index (χ3n) is 8.50. The number of fused-ring (bicyclic) bond motifs is 3. The summed E-state index contributed by atoms with van der Waals surface area (Å²) in [7, 11) is 0. The van der Waals surface area contributed by atoms with Crippen LogP contribution in [0.3, 0.4) is 0 Å². The van der Waals surface area contributed by atoms with Crippen LogP contribution in [0.5, 0.6) is 0 Å². The van der Waals surface area contributed by atoms with Gasteiger partial charge in [0.2, 0.25) is 0 Å². The van der Waals surface area contributed by atoms with E-state index in [0.717, 1.165) is 42.8 Å². The third kappa shape index (κ3) is 5.28. The molecule has 1 aromatic heterocycles. The number of aromatic nitrogens is 2. The topological polar surface area (TPSA) is 53.4 Å². The van der Waals surface area contributed by atoms with Crippen LogP contribution in [0.15, 0.2) is 78.9 Å². The van der Waals surface area contributed by atoms with Crippen LogP contribution in [0.1, 0.15) is 49.5 Å². The van der Waals surface area contributed by atoms with E-state index in [9.17, 15) is 9.18 Å². The molecule has 1 N–H and O–H groups in total. The molecule has 6 nitrogen and oxygen atoms in total. The van der Waals surface area contributed by atoms with E-state index in [0.29, 0.717) is 30.2 Å². The molecule has 3 aromatic carbocycles. The highest BCUT2D eigenvalue weighted by Gasteiger charge is 2.41. The minimum atomic E-state index is -0.304. The molecule has 39 heavy (non-hydrogen) atoms. The maximum absolute atomic E-state index is 14.1. The summed E-state index contributed by atoms with van der Waals surface area (Å²) in [6.07, 6.45) is 5.63. The molecule has 2 unspecified atom stereocenters. The van der Waals surface area contributed by atoms with Crippen LogP contribution >= 0.6 is 0 Å². The van der Waals surface area contributed by atoms with Crippen LogP contribution in [0, 0.1) is 12.7 Å². The predicted molar refractivity (Wildman–Crippen MR) is 153 cm³/mol. The number of nitrogens with one attached hydrogen (secondary N) is 1. The number of benzene rings is 3. The van der Waals surface area contributed by atoms with E-state index in [1.54, 1.807) is 23.1 Å². The molecule has 4 aromatic rings. The molecule has 2 fully saturated rings. The number of hydrogen-bond donors (Lipinski definition) is 1. The van der Waals surface area contributed by atoms with Gasteiger partial charge in [-0.2, -0.15) is 0 Å². The van der Waals surface area contributed by atoms with Crippen molar-refractivity contribution >= 4 is 22.8 Å². The summed E-state index contributed by atoms with van der Waals surface area (Å²) < 4.78 is 16.6. The normalized spacial score (nSPS) is 20.8. The first-order chi connectivity index (χ1) is 19.1. The van der Waals surface area contributed by atoms with E-state index in [-0.39, 0.29) is 18.4 Å². The molecule has 0 saturated carbocycles. The van der Waals surface area contributed by atoms with Crippen molar-refractivity contribution in [1.82, 2.24) is 19.8 Å². The maximum atomic E-state index is 14.1. The van der Waals surface area contributed by atoms with Gasteiger partial charge < -0.3 is 9.88 Å². The van der Waals surface area contributed by atoms with Gasteiger partial charge in [-0.3, -0.25) is 9.80 Å². The van der Waals surface area contributed by atoms with E-state index in [2.05, 4.69) is 46.0 Å². The van der Waals surface area contributed by atoms with Crippen molar-refractivity contribution in [2.45, 2.75) is 63.7 Å². The zero-order valence-corrected chi connectivity index (χ0v) is 22.5. The first-order valence-electron chi connectivity index (χ1n) is 14.1. The second-order valence-electron chi connectivity index (χ2n) is 10.9. The number of anilines is 1. The number of hydrogen-bond acceptors (Lipinski definition) is 3. The molecule has 2 saturated heterocycles. The quantitative estimate of drug-likeness (QED) is 0.287. The van der Waals surface area contributed by atoms with Gasteiger partial charge in [-0.25, -0.2) is 14.2 Å². The fraction of sp³-hybridized carbons (Fsp3) is 0.375. The summed E-state index contributed by atoms with van der Waals surface area (Å²) in [5.41, 5.74) is 3.67. The monoisotopic (exact) mass is 525 g/mol. The Morgan fingerprint density at radius 1 is 0.949 bits per heavy atom. The number of rotatable bonds is 8. The number of carbonyl (C=O) groups excluding carboxylic acids is 1. The lowest BCUT2D eigenvalue weighted by molar-refractivity contribution is 0.107. The number of para-hydroxylation sites is 3. The van der Waals surface area contributed by atoms with Crippen LogP contribution in [0.4, 0.5) is 14.9 Å². The largest absolute Gasteiger partial charge is 0.334 e. The Morgan fingerprint density at radius 2 is 1.64 bits per heavy atom. The number of urea groups is 1. The molecule has 2 atom stereocenters. The molecule has 6 rings (SSSR count). The van der Waals surface area contributed by atoms with Crippen molar-refractivity contribution in [2.24, 2.45) is 0 Å². The zero-order chi connectivity index (χ0) is 26.8. The van der Waals surface area contributed by atoms with Gasteiger partial charge in [-0.15, -0.1) is 0 Å². The van der Waals surface area contributed by atoms with Gasteiger partial charge in [0.05, 0.1) is 11.0 Å². The molecular formula is C32H36FN5O. The molecule has 2 aliphatic rings. The number of aryl methyl sites for hydroxylation is 1. The van der Waals surface area contributed by atoms with Crippen molar-refractivity contribution in [1.29, 1.82) is 0 Å². The smallest absolute Gasteiger partial charge is 0.322 e. The van der Waals surface area contributed by atoms with Crippen LogP contribution in [0.2, 0.25) is 0 Å². The van der Waals surface area contributed by atoms with Gasteiger partial charge in [0.25, 0.3) is 0 Å². The average Bonchev–Trinajstić information content (AvgIpc) is 3.41. The highest BCUT2D eigenvalue weighted by Crippen LogP contribution is 2.42. The second kappa shape index (κ2) is 11.2. The van der Waals surface area contributed by atoms with Crippen LogP contribution in [0.25, 0.3) is 11.0 Å². The lowest BCUT2D eigenvalue weighted by atomic mass is 9.96. The van der Waals surface area contributed by atoms with Gasteiger partial charge >= 0.3 is 6.03 Å². The molecule has 3 heterocycles. The summed E-state index contributed by atoms with van der Waals surface area (Å²) in [6, 6.07) is 26.2. The van der Waals surface area contributed by atoms with Gasteiger partial charge in [0, 0.05) is 49.0 Å². The molecule has 0 aliphatic carbocycles. The lowest BCUT2D eigenvalue weighted by Crippen LogP contribution is -2.45. The predicted octanol–water partition coefficient (Wildman–Crippen LogP) is 6.46. The maximum Gasteiger partial charge on any atom is 0.322 e. The van der Waals surface area contributed by atoms with Gasteiger partial charge in [0.1, 0.15) is 11.6 Å². The summed E-state index contributed by atoms with van der Waals surface area (Å²) >= 11 is 0. The molecular weight excluding hydrogens is 489 g/mol. The van der Waals surface area contributed by atoms with Crippen molar-refractivity contribution in [3.63, 3.8) is 0 Å². The number of carbonyl (C=O) groups is 1. The lowest BCUT2D eigenvalue weighted by Gasteiger charge is -2.40. The number of amides is 2. The fourth-order valence-electron chi connectivity index (χ4n) is 6.72. The van der Waals surface area contributed by atoms with Crippen molar-refractivity contribution in [3.8, 4) is 0 Å². The summed E-state index contributed by atoms with van der Waals surface area (Å²) in [5.74, 6) is 0.802. The number of imidazole rings is 1. The molecule has 2 aliphatic heterocycles. The first kappa shape index (κ1) is 25.6. The summed E-state index contributed by atoms with van der Waals surface area (Å²) in [4.78, 5) is 22.5. The molecule has 7 heteroatoms. The standard InChI is InChI=1S/C32H36FN5O/c1-23-35-30-14-7-8-15-31(30)38(23)28-20-26-16-17-27(21-28)36(26)18-9-19-37(25-11-3-2-4-12-25)32(39)34-22-24-10-5-6-13-29(24)33/h2-8,10-15,26-28H,9,16-22H2,1H3,(H,34,39). The Morgan fingerprint density at radius 3 is 2.41 bits per heavy atom. The van der Waals surface area contributed by atoms with Gasteiger partial charge in [-0.1, -0.05) is 48.5 Å². The highest BCUT2D eigenvalue weighted by molar-refractivity contribution is 5.91. The minimum absolute atomic E-state index is 0.162. The van der Waals surface area contributed by atoms with Crippen LogP contribution < -0.4 is 10.2 Å². The number of halogens is 1. The Bertz CT molecular complexity index is 1420. The molecule has 2 amide bonds. The Balaban J connectivity index is 1.10. The molecule has 202 valence electrons. The Kier molecular flexibility index (Phi) is 7.33. The van der Waals surface area contributed by atoms with E-state index in [1.165, 1.54) is 24.4 Å². The van der Waals surface area contributed by atoms with E-state index in [1.807, 2.05) is 30.3 Å². The van der Waals surface area contributed by atoms with Gasteiger partial charge in [0.15, 0.2) is 0 Å². The molecule has 0 spiro atoms. The minimum Gasteiger partial charge on any atom is -0.334 e. The third-order valence-corrected chi connectivity index (χ3v) is 8.50. The van der Waals surface area contributed by atoms with Gasteiger partial charge in [-0.05, 0) is 69.4 Å². The Labute approximate surface area is 229 Å². The fourth-order valence-corrected chi connectivity index (χ4v) is 6.72. The second-order valence-corrected chi connectivity index (χ2v) is 10.9. The van der Waals surface area contributed by atoms with Crippen LogP contribution in [-0.2, 0) is 6.54 Å². The zero-order valence-electron chi connectivity index (χ0n) is 22.5. The van der Waals surface area contributed by atoms with E-state index < -0.39 is 0 Å². The molecule has 0 radical (unpaired) electrons. The van der Waals surface area contributed by atoms with Crippen LogP contribution in [-0.4, -0.2) is 45.7 Å². The number of piperidine rings is 1. The van der Waals surface area contributed by atoms with Crippen molar-refractivity contribution < 1.29 is 9.18 Å². The average molecular weight is 526 g/mol. The summed E-state index contributed by atoms with van der Waals surface area (Å²) in [6.45, 7) is 3.87. The van der Waals surface area contributed by atoms with E-state index >= 15 is 0 Å². The number of nitrogens with zero attached hydrogens (tertiary/aromatic N) is 4. The van der Waals surface area contributed by atoms with Crippen molar-refractivity contribution in [3.05, 3.63) is 96.1 Å². The SMILES string of the molecule is Cc1nc2ccccc2n1C1CC2CCC(C1)N2CCCN(C(=O)NCc1ccccc1F)c1ccccc1. The molecule has 2 bridgehead atoms.